The predicted octanol–water partition coefficient (Wildman–Crippen LogP) is 12.1. The Morgan fingerprint density at radius 3 is 1.96 bits per heavy atom. The van der Waals surface area contributed by atoms with Crippen LogP contribution in [0.4, 0.5) is 0 Å². The molecule has 0 saturated carbocycles. The van der Waals surface area contributed by atoms with Crippen LogP contribution in [0.2, 0.25) is 0 Å². The molecule has 11 aromatic rings. The Balaban J connectivity index is 1.16. The Morgan fingerprint density at radius 2 is 1.10 bits per heavy atom. The van der Waals surface area contributed by atoms with Crippen molar-refractivity contribution in [3.8, 4) is 44.7 Å². The molecule has 6 nitrogen and oxygen atoms in total. The van der Waals surface area contributed by atoms with Gasteiger partial charge in [-0.15, -0.1) is 11.3 Å². The number of hydrogen-bond donors (Lipinski definition) is 0. The first-order valence-corrected chi connectivity index (χ1v) is 17.5. The molecule has 0 amide bonds. The molecule has 0 unspecified atom stereocenters. The van der Waals surface area contributed by atoms with Crippen LogP contribution in [0.25, 0.3) is 110 Å². The maximum Gasteiger partial charge on any atom is 0.167 e. The molecule has 11 rings (SSSR count). The van der Waals surface area contributed by atoms with Crippen molar-refractivity contribution in [2.75, 3.05) is 0 Å². The van der Waals surface area contributed by atoms with Crippen molar-refractivity contribution in [2.45, 2.75) is 0 Å². The molecule has 7 heteroatoms. The number of nitrogens with zero attached hydrogens (tertiary/aromatic N) is 4. The second-order valence-corrected chi connectivity index (χ2v) is 13.6. The minimum Gasteiger partial charge on any atom is -0.456 e. The second-order valence-electron chi connectivity index (χ2n) is 12.6. The molecule has 0 aliphatic carbocycles. The molecule has 238 valence electrons. The summed E-state index contributed by atoms with van der Waals surface area (Å²) in [6.45, 7) is 0. The summed E-state index contributed by atoms with van der Waals surface area (Å²) in [5, 5.41) is 7.49. The van der Waals surface area contributed by atoms with E-state index in [1.807, 2.05) is 72.8 Å². The SMILES string of the molecule is c1ccc(-c2nc(-c3ccc4c(c3)oc3ccccc34)nc(-c3cc4nc(-c5ccc6ccccc6c5)sc4c4c3oc3ccccc34)n2)cc1. The molecular formula is C44H24N4O2S. The van der Waals surface area contributed by atoms with Crippen LogP contribution in [0.1, 0.15) is 0 Å². The van der Waals surface area contributed by atoms with E-state index in [0.717, 1.165) is 81.4 Å². The maximum absolute atomic E-state index is 6.66. The zero-order chi connectivity index (χ0) is 33.5. The Labute approximate surface area is 294 Å². The molecule has 4 heterocycles. The minimum absolute atomic E-state index is 0.509. The monoisotopic (exact) mass is 672 g/mol. The van der Waals surface area contributed by atoms with Crippen LogP contribution in [-0.2, 0) is 0 Å². The Bertz CT molecular complexity index is 3160. The summed E-state index contributed by atoms with van der Waals surface area (Å²) in [6, 6.07) is 49.4. The molecule has 0 N–H and O–H groups in total. The molecule has 4 aromatic heterocycles. The molecule has 0 fully saturated rings. The fourth-order valence-electron chi connectivity index (χ4n) is 7.09. The number of thiazole rings is 1. The zero-order valence-corrected chi connectivity index (χ0v) is 27.7. The van der Waals surface area contributed by atoms with Gasteiger partial charge >= 0.3 is 0 Å². The van der Waals surface area contributed by atoms with Crippen LogP contribution < -0.4 is 0 Å². The van der Waals surface area contributed by atoms with Gasteiger partial charge in [-0.1, -0.05) is 109 Å². The van der Waals surface area contributed by atoms with Gasteiger partial charge in [0.15, 0.2) is 17.5 Å². The van der Waals surface area contributed by atoms with Crippen molar-refractivity contribution in [2.24, 2.45) is 0 Å². The van der Waals surface area contributed by atoms with E-state index in [4.69, 9.17) is 28.8 Å². The van der Waals surface area contributed by atoms with Crippen molar-refractivity contribution in [1.29, 1.82) is 0 Å². The molecule has 0 spiro atoms. The van der Waals surface area contributed by atoms with Gasteiger partial charge in [0.2, 0.25) is 0 Å². The summed E-state index contributed by atoms with van der Waals surface area (Å²) in [6.07, 6.45) is 0. The zero-order valence-electron chi connectivity index (χ0n) is 26.9. The highest BCUT2D eigenvalue weighted by Crippen LogP contribution is 2.44. The molecular weight excluding hydrogens is 649 g/mol. The topological polar surface area (TPSA) is 77.8 Å². The Kier molecular flexibility index (Phi) is 6.02. The van der Waals surface area contributed by atoms with Crippen molar-refractivity contribution >= 4 is 76.2 Å². The minimum atomic E-state index is 0.509. The van der Waals surface area contributed by atoms with Gasteiger partial charge in [-0.3, -0.25) is 0 Å². The van der Waals surface area contributed by atoms with Crippen LogP contribution in [0.3, 0.4) is 0 Å². The van der Waals surface area contributed by atoms with Crippen LogP contribution in [0, 0.1) is 0 Å². The van der Waals surface area contributed by atoms with Gasteiger partial charge in [0.1, 0.15) is 27.3 Å². The molecule has 0 aliphatic rings. The average Bonchev–Trinajstić information content (AvgIpc) is 3.90. The van der Waals surface area contributed by atoms with E-state index >= 15 is 0 Å². The van der Waals surface area contributed by atoms with Gasteiger partial charge in [-0.2, -0.15) is 0 Å². The smallest absolute Gasteiger partial charge is 0.167 e. The lowest BCUT2D eigenvalue weighted by atomic mass is 10.1. The van der Waals surface area contributed by atoms with E-state index in [2.05, 4.69) is 72.8 Å². The first kappa shape index (κ1) is 28.2. The normalized spacial score (nSPS) is 11.9. The molecule has 0 saturated heterocycles. The lowest BCUT2D eigenvalue weighted by Gasteiger charge is -2.09. The van der Waals surface area contributed by atoms with Gasteiger partial charge < -0.3 is 8.83 Å². The van der Waals surface area contributed by atoms with Crippen molar-refractivity contribution in [3.05, 3.63) is 146 Å². The van der Waals surface area contributed by atoms with Crippen LogP contribution in [0.5, 0.6) is 0 Å². The number of aromatic nitrogens is 4. The van der Waals surface area contributed by atoms with Crippen molar-refractivity contribution in [1.82, 2.24) is 19.9 Å². The van der Waals surface area contributed by atoms with Crippen LogP contribution in [0.15, 0.2) is 154 Å². The third kappa shape index (κ3) is 4.49. The predicted molar refractivity (Wildman–Crippen MR) is 207 cm³/mol. The number of benzene rings is 7. The molecule has 0 atom stereocenters. The first-order chi connectivity index (χ1) is 25.2. The molecule has 51 heavy (non-hydrogen) atoms. The van der Waals surface area contributed by atoms with Gasteiger partial charge in [0, 0.05) is 38.2 Å². The summed E-state index contributed by atoms with van der Waals surface area (Å²) in [7, 11) is 0. The van der Waals surface area contributed by atoms with Gasteiger partial charge in [0.05, 0.1) is 15.8 Å². The lowest BCUT2D eigenvalue weighted by Crippen LogP contribution is -2.00. The summed E-state index contributed by atoms with van der Waals surface area (Å²) in [4.78, 5) is 20.5. The van der Waals surface area contributed by atoms with Crippen molar-refractivity contribution in [3.63, 3.8) is 0 Å². The number of rotatable bonds is 4. The summed E-state index contributed by atoms with van der Waals surface area (Å²) >= 11 is 1.68. The molecule has 7 aromatic carbocycles. The highest BCUT2D eigenvalue weighted by Gasteiger charge is 2.23. The highest BCUT2D eigenvalue weighted by atomic mass is 32.1. The number of fused-ring (bicyclic) bond motifs is 9. The Hall–Kier alpha value is -6.70. The largest absolute Gasteiger partial charge is 0.456 e. The van der Waals surface area contributed by atoms with Crippen LogP contribution in [-0.4, -0.2) is 19.9 Å². The van der Waals surface area contributed by atoms with Crippen LogP contribution >= 0.6 is 11.3 Å². The Morgan fingerprint density at radius 1 is 0.431 bits per heavy atom. The van der Waals surface area contributed by atoms with Gasteiger partial charge in [-0.25, -0.2) is 19.9 Å². The van der Waals surface area contributed by atoms with Crippen molar-refractivity contribution < 1.29 is 8.83 Å². The van der Waals surface area contributed by atoms with E-state index in [9.17, 15) is 0 Å². The highest BCUT2D eigenvalue weighted by molar-refractivity contribution is 7.22. The number of furan rings is 2. The summed E-state index contributed by atoms with van der Waals surface area (Å²) in [5.41, 5.74) is 7.57. The quantitative estimate of drug-likeness (QED) is 0.185. The lowest BCUT2D eigenvalue weighted by molar-refractivity contribution is 0.668. The number of hydrogen-bond acceptors (Lipinski definition) is 7. The van der Waals surface area contributed by atoms with E-state index in [0.29, 0.717) is 17.5 Å². The third-order valence-corrected chi connectivity index (χ3v) is 10.7. The molecule has 0 aliphatic heterocycles. The van der Waals surface area contributed by atoms with E-state index < -0.39 is 0 Å². The first-order valence-electron chi connectivity index (χ1n) is 16.7. The summed E-state index contributed by atoms with van der Waals surface area (Å²) in [5.74, 6) is 1.62. The number of para-hydroxylation sites is 2. The standard InChI is InChI=1S/C44H24N4O2S/c1-2-11-26(12-3-1)41-46-42(28-20-21-31-30-14-6-8-16-35(30)49-37(31)23-28)48-43(47-41)33-24-34-40(38-32-15-7-9-17-36(32)50-39(33)38)51-44(45-34)29-19-18-25-10-4-5-13-27(25)22-29/h1-24H. The summed E-state index contributed by atoms with van der Waals surface area (Å²) < 4.78 is 14.0. The molecule has 0 radical (unpaired) electrons. The second kappa shape index (κ2) is 10.9. The fraction of sp³-hybridized carbons (Fsp3) is 0. The maximum atomic E-state index is 6.66. The van der Waals surface area contributed by atoms with E-state index in [1.54, 1.807) is 11.3 Å². The molecule has 0 bridgehead atoms. The van der Waals surface area contributed by atoms with Gasteiger partial charge in [-0.05, 0) is 47.2 Å². The average molecular weight is 673 g/mol. The van der Waals surface area contributed by atoms with E-state index in [-0.39, 0.29) is 0 Å². The van der Waals surface area contributed by atoms with Gasteiger partial charge in [0.25, 0.3) is 0 Å². The third-order valence-electron chi connectivity index (χ3n) is 9.54. The fourth-order valence-corrected chi connectivity index (χ4v) is 8.19. The van der Waals surface area contributed by atoms with E-state index in [1.165, 1.54) is 10.8 Å².